The average molecular weight is 342 g/mol. The Bertz CT molecular complexity index is 808. The summed E-state index contributed by atoms with van der Waals surface area (Å²) in [6.45, 7) is 4.53. The minimum atomic E-state index is -0.597. The molecule has 0 saturated carbocycles. The molecule has 6 heteroatoms. The molecule has 132 valence electrons. The van der Waals surface area contributed by atoms with Crippen molar-refractivity contribution in [3.8, 4) is 0 Å². The van der Waals surface area contributed by atoms with Crippen molar-refractivity contribution in [3.05, 3.63) is 53.2 Å². The molecule has 1 aromatic carbocycles. The van der Waals surface area contributed by atoms with E-state index in [4.69, 9.17) is 0 Å². The third-order valence-corrected chi connectivity index (χ3v) is 4.74. The third-order valence-electron chi connectivity index (χ3n) is 4.74. The van der Waals surface area contributed by atoms with Crippen LogP contribution in [0.4, 0.5) is 10.2 Å². The normalized spacial score (nSPS) is 20.0. The van der Waals surface area contributed by atoms with Gasteiger partial charge in [0.1, 0.15) is 17.2 Å². The quantitative estimate of drug-likeness (QED) is 0.860. The van der Waals surface area contributed by atoms with Crippen molar-refractivity contribution in [3.63, 3.8) is 0 Å². The van der Waals surface area contributed by atoms with E-state index in [-0.39, 0.29) is 5.91 Å². The maximum Gasteiger partial charge on any atom is 0.254 e. The topological polar surface area (TPSA) is 49.3 Å². The second-order valence-corrected chi connectivity index (χ2v) is 6.93. The summed E-state index contributed by atoms with van der Waals surface area (Å²) in [5.41, 5.74) is 0.619. The van der Waals surface area contributed by atoms with Crippen LogP contribution in [0.1, 0.15) is 41.6 Å². The smallest absolute Gasteiger partial charge is 0.254 e. The monoisotopic (exact) mass is 342 g/mol. The van der Waals surface area contributed by atoms with Gasteiger partial charge in [-0.25, -0.2) is 14.4 Å². The molecule has 1 atom stereocenters. The van der Waals surface area contributed by atoms with Crippen molar-refractivity contribution in [1.29, 1.82) is 0 Å². The van der Waals surface area contributed by atoms with Crippen molar-refractivity contribution in [2.45, 2.75) is 32.2 Å². The predicted octanol–water partition coefficient (Wildman–Crippen LogP) is 3.14. The highest BCUT2D eigenvalue weighted by molar-refractivity contribution is 5.95. The fraction of sp³-hybridized carbons (Fsp3) is 0.421. The molecule has 0 spiro atoms. The molecule has 25 heavy (non-hydrogen) atoms. The Hall–Kier alpha value is -2.50. The number of benzene rings is 1. The van der Waals surface area contributed by atoms with Gasteiger partial charge in [0.15, 0.2) is 5.82 Å². The largest absolute Gasteiger partial charge is 0.363 e. The lowest BCUT2D eigenvalue weighted by atomic mass is 9.96. The summed E-state index contributed by atoms with van der Waals surface area (Å²) >= 11 is 0. The molecule has 0 aliphatic carbocycles. The fourth-order valence-electron chi connectivity index (χ4n) is 3.32. The van der Waals surface area contributed by atoms with Crippen LogP contribution in [0.5, 0.6) is 0 Å². The van der Waals surface area contributed by atoms with Gasteiger partial charge in [-0.05, 0) is 44.9 Å². The van der Waals surface area contributed by atoms with Crippen LogP contribution in [-0.2, 0) is 5.54 Å². The molecular weight excluding hydrogens is 319 g/mol. The Kier molecular flexibility index (Phi) is 4.45. The highest BCUT2D eigenvalue weighted by atomic mass is 19.1. The number of rotatable bonds is 3. The second-order valence-electron chi connectivity index (χ2n) is 6.93. The number of anilines is 1. The SMILES string of the molecule is Cc1cc(N(C)C)nc(C2(C)CCCN2C(=O)c2cccc(F)c2)n1. The number of carbonyl (C=O) groups is 1. The minimum absolute atomic E-state index is 0.184. The molecule has 0 N–H and O–H groups in total. The molecule has 2 aromatic rings. The maximum atomic E-state index is 13.5. The number of aromatic nitrogens is 2. The first kappa shape index (κ1) is 17.3. The Labute approximate surface area is 147 Å². The molecular formula is C19H23FN4O. The summed E-state index contributed by atoms with van der Waals surface area (Å²) in [5, 5.41) is 0. The van der Waals surface area contributed by atoms with E-state index in [1.165, 1.54) is 12.1 Å². The highest BCUT2D eigenvalue weighted by Crippen LogP contribution is 2.38. The van der Waals surface area contributed by atoms with Crippen LogP contribution in [-0.4, -0.2) is 41.4 Å². The van der Waals surface area contributed by atoms with Crippen molar-refractivity contribution in [1.82, 2.24) is 14.9 Å². The number of halogens is 1. The summed E-state index contributed by atoms with van der Waals surface area (Å²) in [6.07, 6.45) is 1.65. The zero-order valence-corrected chi connectivity index (χ0v) is 15.1. The van der Waals surface area contributed by atoms with Crippen molar-refractivity contribution in [2.75, 3.05) is 25.5 Å². The van der Waals surface area contributed by atoms with Crippen LogP contribution >= 0.6 is 0 Å². The van der Waals surface area contributed by atoms with E-state index >= 15 is 0 Å². The number of carbonyl (C=O) groups excluding carboxylic acids is 1. The van der Waals surface area contributed by atoms with Crippen LogP contribution in [0.25, 0.3) is 0 Å². The summed E-state index contributed by atoms with van der Waals surface area (Å²) in [7, 11) is 3.86. The van der Waals surface area contributed by atoms with E-state index in [0.29, 0.717) is 17.9 Å². The van der Waals surface area contributed by atoms with Gasteiger partial charge in [0.2, 0.25) is 0 Å². The molecule has 2 heterocycles. The zero-order valence-electron chi connectivity index (χ0n) is 15.1. The van der Waals surface area contributed by atoms with E-state index in [0.717, 1.165) is 24.4 Å². The number of aryl methyl sites for hydroxylation is 1. The number of amides is 1. The Morgan fingerprint density at radius 1 is 1.28 bits per heavy atom. The van der Waals surface area contributed by atoms with E-state index < -0.39 is 11.4 Å². The van der Waals surface area contributed by atoms with Gasteiger partial charge in [-0.2, -0.15) is 0 Å². The fourth-order valence-corrected chi connectivity index (χ4v) is 3.32. The third kappa shape index (κ3) is 3.21. The van der Waals surface area contributed by atoms with E-state index in [9.17, 15) is 9.18 Å². The Morgan fingerprint density at radius 2 is 2.04 bits per heavy atom. The minimum Gasteiger partial charge on any atom is -0.363 e. The molecule has 0 bridgehead atoms. The molecule has 1 fully saturated rings. The lowest BCUT2D eigenvalue weighted by Gasteiger charge is -2.34. The summed E-state index contributed by atoms with van der Waals surface area (Å²) < 4.78 is 13.5. The second kappa shape index (κ2) is 6.43. The Morgan fingerprint density at radius 3 is 2.72 bits per heavy atom. The Balaban J connectivity index is 2.01. The number of nitrogens with zero attached hydrogens (tertiary/aromatic N) is 4. The number of likely N-dealkylation sites (tertiary alicyclic amines) is 1. The molecule has 0 radical (unpaired) electrons. The van der Waals surface area contributed by atoms with Gasteiger partial charge in [0.05, 0.1) is 0 Å². The first-order valence-corrected chi connectivity index (χ1v) is 8.42. The maximum absolute atomic E-state index is 13.5. The number of hydrogen-bond acceptors (Lipinski definition) is 4. The summed E-state index contributed by atoms with van der Waals surface area (Å²) in [4.78, 5) is 26.0. The van der Waals surface area contributed by atoms with E-state index in [1.54, 1.807) is 17.0 Å². The lowest BCUT2D eigenvalue weighted by Crippen LogP contribution is -2.44. The molecule has 5 nitrogen and oxygen atoms in total. The van der Waals surface area contributed by atoms with Gasteiger partial charge in [-0.15, -0.1) is 0 Å². The van der Waals surface area contributed by atoms with Crippen LogP contribution in [0.2, 0.25) is 0 Å². The number of hydrogen-bond donors (Lipinski definition) is 0. The van der Waals surface area contributed by atoms with E-state index in [1.807, 2.05) is 38.9 Å². The molecule has 1 aliphatic heterocycles. The van der Waals surface area contributed by atoms with Gasteiger partial charge in [-0.1, -0.05) is 6.07 Å². The van der Waals surface area contributed by atoms with Gasteiger partial charge >= 0.3 is 0 Å². The van der Waals surface area contributed by atoms with Crippen molar-refractivity contribution >= 4 is 11.7 Å². The summed E-state index contributed by atoms with van der Waals surface area (Å²) in [6, 6.07) is 7.74. The van der Waals surface area contributed by atoms with Crippen LogP contribution in [0.15, 0.2) is 30.3 Å². The standard InChI is InChI=1S/C19H23FN4O/c1-13-11-16(23(3)4)22-18(21-13)19(2)9-6-10-24(19)17(25)14-7-5-8-15(20)12-14/h5,7-8,11-12H,6,9-10H2,1-4H3. The molecule has 1 saturated heterocycles. The van der Waals surface area contributed by atoms with E-state index in [2.05, 4.69) is 9.97 Å². The van der Waals surface area contributed by atoms with Crippen molar-refractivity contribution in [2.24, 2.45) is 0 Å². The van der Waals surface area contributed by atoms with Crippen LogP contribution < -0.4 is 4.90 Å². The van der Waals surface area contributed by atoms with Crippen molar-refractivity contribution < 1.29 is 9.18 Å². The highest BCUT2D eigenvalue weighted by Gasteiger charge is 2.44. The van der Waals surface area contributed by atoms with Gasteiger partial charge < -0.3 is 9.80 Å². The molecule has 1 unspecified atom stereocenters. The average Bonchev–Trinajstić information content (AvgIpc) is 2.96. The molecule has 3 rings (SSSR count). The molecule has 1 aromatic heterocycles. The van der Waals surface area contributed by atoms with Crippen LogP contribution in [0, 0.1) is 12.7 Å². The van der Waals surface area contributed by atoms with Gasteiger partial charge in [-0.3, -0.25) is 4.79 Å². The molecule has 1 amide bonds. The van der Waals surface area contributed by atoms with Gasteiger partial charge in [0, 0.05) is 38.0 Å². The van der Waals surface area contributed by atoms with Gasteiger partial charge in [0.25, 0.3) is 5.91 Å². The zero-order chi connectivity index (χ0) is 18.2. The first-order chi connectivity index (χ1) is 11.8. The summed E-state index contributed by atoms with van der Waals surface area (Å²) in [5.74, 6) is 0.858. The first-order valence-electron chi connectivity index (χ1n) is 8.42. The predicted molar refractivity (Wildman–Crippen MR) is 95.1 cm³/mol. The molecule has 1 aliphatic rings. The lowest BCUT2D eigenvalue weighted by molar-refractivity contribution is 0.0603. The van der Waals surface area contributed by atoms with Crippen LogP contribution in [0.3, 0.4) is 0 Å².